The minimum atomic E-state index is 0.951. The lowest BCUT2D eigenvalue weighted by molar-refractivity contribution is 0.411. The van der Waals surface area contributed by atoms with Crippen LogP contribution in [0.1, 0.15) is 12.0 Å². The van der Waals surface area contributed by atoms with Gasteiger partial charge in [0.1, 0.15) is 5.75 Å². The molecule has 0 bridgehead atoms. The number of rotatable bonds is 6. The largest absolute Gasteiger partial charge is 0.496 e. The Morgan fingerprint density at radius 1 is 1.38 bits per heavy atom. The van der Waals surface area contributed by atoms with Gasteiger partial charge in [-0.2, -0.15) is 0 Å². The van der Waals surface area contributed by atoms with Gasteiger partial charge in [0.15, 0.2) is 0 Å². The van der Waals surface area contributed by atoms with Gasteiger partial charge in [0, 0.05) is 19.3 Å². The van der Waals surface area contributed by atoms with Crippen molar-refractivity contribution in [1.82, 2.24) is 5.32 Å². The fourth-order valence-electron chi connectivity index (χ4n) is 1.72. The first kappa shape index (κ1) is 12.8. The first-order valence-electron chi connectivity index (χ1n) is 5.69. The molecule has 0 saturated carbocycles. The van der Waals surface area contributed by atoms with Gasteiger partial charge < -0.3 is 15.0 Å². The maximum Gasteiger partial charge on any atom is 0.121 e. The zero-order chi connectivity index (χ0) is 12.0. The van der Waals surface area contributed by atoms with Crippen LogP contribution in [0.4, 0.5) is 5.69 Å². The molecule has 1 aromatic carbocycles. The zero-order valence-corrected chi connectivity index (χ0v) is 10.7. The van der Waals surface area contributed by atoms with Crippen LogP contribution in [-0.4, -0.2) is 34.3 Å². The highest BCUT2D eigenvalue weighted by molar-refractivity contribution is 5.52. The molecule has 0 atom stereocenters. The molecule has 0 amide bonds. The van der Waals surface area contributed by atoms with Crippen LogP contribution in [-0.2, 0) is 0 Å². The molecule has 1 rings (SSSR count). The summed E-state index contributed by atoms with van der Waals surface area (Å²) in [5.41, 5.74) is 2.43. The van der Waals surface area contributed by atoms with Crippen molar-refractivity contribution in [3.8, 4) is 5.75 Å². The predicted molar refractivity (Wildman–Crippen MR) is 69.5 cm³/mol. The van der Waals surface area contributed by atoms with Gasteiger partial charge >= 0.3 is 0 Å². The molecule has 0 unspecified atom stereocenters. The molecule has 0 fully saturated rings. The van der Waals surface area contributed by atoms with Crippen molar-refractivity contribution in [3.05, 3.63) is 23.8 Å². The van der Waals surface area contributed by atoms with Gasteiger partial charge in [-0.3, -0.25) is 0 Å². The van der Waals surface area contributed by atoms with Crippen LogP contribution in [0.25, 0.3) is 0 Å². The molecule has 3 heteroatoms. The van der Waals surface area contributed by atoms with Gasteiger partial charge in [-0.15, -0.1) is 0 Å². The maximum atomic E-state index is 5.25. The van der Waals surface area contributed by atoms with E-state index in [0.29, 0.717) is 0 Å². The van der Waals surface area contributed by atoms with Crippen molar-refractivity contribution in [2.45, 2.75) is 13.3 Å². The third-order valence-electron chi connectivity index (χ3n) is 2.74. The maximum absolute atomic E-state index is 5.25. The Balaban J connectivity index is 2.62. The molecule has 0 aliphatic rings. The number of hydrogen-bond acceptors (Lipinski definition) is 3. The van der Waals surface area contributed by atoms with Crippen LogP contribution < -0.4 is 15.0 Å². The lowest BCUT2D eigenvalue weighted by Crippen LogP contribution is -2.22. The van der Waals surface area contributed by atoms with E-state index in [4.69, 9.17) is 4.74 Å². The lowest BCUT2D eigenvalue weighted by Gasteiger charge is -2.20. The van der Waals surface area contributed by atoms with E-state index in [1.54, 1.807) is 7.11 Å². The number of aryl methyl sites for hydroxylation is 1. The summed E-state index contributed by atoms with van der Waals surface area (Å²) in [6.45, 7) is 4.19. The van der Waals surface area contributed by atoms with E-state index in [-0.39, 0.29) is 0 Å². The zero-order valence-electron chi connectivity index (χ0n) is 10.7. The van der Waals surface area contributed by atoms with E-state index in [1.165, 1.54) is 11.3 Å². The molecule has 0 aromatic heterocycles. The molecule has 0 radical (unpaired) electrons. The summed E-state index contributed by atoms with van der Waals surface area (Å²) < 4.78 is 5.25. The highest BCUT2D eigenvalue weighted by atomic mass is 16.5. The van der Waals surface area contributed by atoms with E-state index in [1.807, 2.05) is 13.1 Å². The first-order valence-corrected chi connectivity index (χ1v) is 5.69. The number of nitrogens with one attached hydrogen (secondary N) is 1. The minimum Gasteiger partial charge on any atom is -0.496 e. The average Bonchev–Trinajstić information content (AvgIpc) is 2.29. The summed E-state index contributed by atoms with van der Waals surface area (Å²) in [6.07, 6.45) is 1.15. The molecule has 0 spiro atoms. The minimum absolute atomic E-state index is 0.951. The molecule has 1 aromatic rings. The predicted octanol–water partition coefficient (Wildman–Crippen LogP) is 2.05. The Labute approximate surface area is 98.4 Å². The third-order valence-corrected chi connectivity index (χ3v) is 2.74. The monoisotopic (exact) mass is 222 g/mol. The Kier molecular flexibility index (Phi) is 5.12. The number of ether oxygens (including phenoxy) is 1. The van der Waals surface area contributed by atoms with Crippen molar-refractivity contribution in [1.29, 1.82) is 0 Å². The van der Waals surface area contributed by atoms with Crippen LogP contribution in [0.5, 0.6) is 5.75 Å². The summed E-state index contributed by atoms with van der Waals surface area (Å²) in [5, 5.41) is 3.16. The topological polar surface area (TPSA) is 24.5 Å². The lowest BCUT2D eigenvalue weighted by atomic mass is 10.2. The Bertz CT molecular complexity index is 326. The third kappa shape index (κ3) is 3.42. The van der Waals surface area contributed by atoms with Gasteiger partial charge in [-0.1, -0.05) is 0 Å². The molecule has 0 saturated heterocycles. The fraction of sp³-hybridized carbons (Fsp3) is 0.538. The first-order chi connectivity index (χ1) is 7.69. The van der Waals surface area contributed by atoms with Crippen LogP contribution in [0.3, 0.4) is 0 Å². The highest BCUT2D eigenvalue weighted by Gasteiger charge is 2.03. The van der Waals surface area contributed by atoms with Crippen molar-refractivity contribution in [3.63, 3.8) is 0 Å². The van der Waals surface area contributed by atoms with Gasteiger partial charge in [-0.25, -0.2) is 0 Å². The number of methoxy groups -OCH3 is 1. The average molecular weight is 222 g/mol. The van der Waals surface area contributed by atoms with Crippen LogP contribution >= 0.6 is 0 Å². The normalized spacial score (nSPS) is 10.2. The van der Waals surface area contributed by atoms with Gasteiger partial charge in [0.05, 0.1) is 7.11 Å². The quantitative estimate of drug-likeness (QED) is 0.746. The van der Waals surface area contributed by atoms with E-state index < -0.39 is 0 Å². The van der Waals surface area contributed by atoms with Crippen molar-refractivity contribution in [2.75, 3.05) is 39.2 Å². The van der Waals surface area contributed by atoms with E-state index in [2.05, 4.69) is 36.3 Å². The number of anilines is 1. The Hall–Kier alpha value is -1.22. The highest BCUT2D eigenvalue weighted by Crippen LogP contribution is 2.23. The number of hydrogen-bond donors (Lipinski definition) is 1. The molecule has 16 heavy (non-hydrogen) atoms. The number of benzene rings is 1. The van der Waals surface area contributed by atoms with Crippen LogP contribution in [0, 0.1) is 6.92 Å². The Morgan fingerprint density at radius 3 is 2.69 bits per heavy atom. The second kappa shape index (κ2) is 6.38. The number of nitrogens with zero attached hydrogens (tertiary/aromatic N) is 1. The second-order valence-electron chi connectivity index (χ2n) is 4.03. The summed E-state index contributed by atoms with van der Waals surface area (Å²) in [7, 11) is 5.81. The van der Waals surface area contributed by atoms with E-state index in [9.17, 15) is 0 Å². The molecule has 1 N–H and O–H groups in total. The molecular weight excluding hydrogens is 200 g/mol. The van der Waals surface area contributed by atoms with Crippen molar-refractivity contribution in [2.24, 2.45) is 0 Å². The van der Waals surface area contributed by atoms with Crippen molar-refractivity contribution >= 4 is 5.69 Å². The standard InChI is InChI=1S/C13H22N2O/c1-11-10-12(6-7-13(11)16-4)15(3)9-5-8-14-2/h6-7,10,14H,5,8-9H2,1-4H3. The Morgan fingerprint density at radius 2 is 2.12 bits per heavy atom. The van der Waals surface area contributed by atoms with Gasteiger partial charge in [0.2, 0.25) is 0 Å². The summed E-state index contributed by atoms with van der Waals surface area (Å²) >= 11 is 0. The molecular formula is C13H22N2O. The van der Waals surface area contributed by atoms with Gasteiger partial charge in [-0.05, 0) is 50.7 Å². The molecule has 0 aliphatic heterocycles. The van der Waals surface area contributed by atoms with E-state index >= 15 is 0 Å². The van der Waals surface area contributed by atoms with Crippen LogP contribution in [0.2, 0.25) is 0 Å². The molecule has 0 heterocycles. The molecule has 0 aliphatic carbocycles. The SMILES string of the molecule is CNCCCN(C)c1ccc(OC)c(C)c1. The smallest absolute Gasteiger partial charge is 0.121 e. The van der Waals surface area contributed by atoms with Crippen LogP contribution in [0.15, 0.2) is 18.2 Å². The van der Waals surface area contributed by atoms with Gasteiger partial charge in [0.25, 0.3) is 0 Å². The summed E-state index contributed by atoms with van der Waals surface area (Å²) in [6, 6.07) is 6.29. The molecule has 3 nitrogen and oxygen atoms in total. The molecule has 90 valence electrons. The summed E-state index contributed by atoms with van der Waals surface area (Å²) in [5.74, 6) is 0.951. The van der Waals surface area contributed by atoms with Crippen molar-refractivity contribution < 1.29 is 4.74 Å². The second-order valence-corrected chi connectivity index (χ2v) is 4.03. The fourth-order valence-corrected chi connectivity index (χ4v) is 1.72. The summed E-state index contributed by atoms with van der Waals surface area (Å²) in [4.78, 5) is 2.27. The van der Waals surface area contributed by atoms with E-state index in [0.717, 1.165) is 25.3 Å².